The molecule has 0 spiro atoms. The highest BCUT2D eigenvalue weighted by molar-refractivity contribution is 7.94. The Morgan fingerprint density at radius 3 is 1.47 bits per heavy atom. The van der Waals surface area contributed by atoms with Crippen molar-refractivity contribution in [2.75, 3.05) is 23.8 Å². The molecule has 1 aromatic heterocycles. The van der Waals surface area contributed by atoms with E-state index >= 15 is 0 Å². The quantitative estimate of drug-likeness (QED) is 0.00717. The summed E-state index contributed by atoms with van der Waals surface area (Å²) in [6.45, 7) is 6.48. The van der Waals surface area contributed by atoms with Gasteiger partial charge in [0.1, 0.15) is 48.8 Å². The summed E-state index contributed by atoms with van der Waals surface area (Å²) in [6.07, 6.45) is 1.23. The van der Waals surface area contributed by atoms with E-state index in [9.17, 15) is 62.6 Å². The van der Waals surface area contributed by atoms with Gasteiger partial charge in [0.25, 0.3) is 30.4 Å². The first-order valence-corrected chi connectivity index (χ1v) is 34.0. The maximum Gasteiger partial charge on any atom is 0.397 e. The largest absolute Gasteiger partial charge is 0.505 e. The average Bonchev–Trinajstić information content (AvgIpc) is 0.786. The highest BCUT2D eigenvalue weighted by Crippen LogP contribution is 2.48. The number of halogens is 1. The minimum absolute atomic E-state index is 0.0193. The van der Waals surface area contributed by atoms with Crippen LogP contribution in [-0.2, 0) is 60.6 Å². The summed E-state index contributed by atoms with van der Waals surface area (Å²) >= 11 is 7.34. The molecule has 0 fully saturated rings. The zero-order valence-corrected chi connectivity index (χ0v) is 53.4. The Bertz CT molecular complexity index is 5270. The van der Waals surface area contributed by atoms with E-state index < -0.39 is 78.3 Å². The summed E-state index contributed by atoms with van der Waals surface area (Å²) < 4.78 is 150. The van der Waals surface area contributed by atoms with Gasteiger partial charge in [0.2, 0.25) is 17.2 Å². The van der Waals surface area contributed by atoms with Crippen LogP contribution in [0.15, 0.2) is 166 Å². The fraction of sp³-hybridized carbons (Fsp3) is 0.155. The molecule has 10 rings (SSSR count). The molecule has 0 aliphatic rings. The van der Waals surface area contributed by atoms with E-state index in [1.54, 1.807) is 61.5 Å². The number of aromatic nitrogens is 3. The number of benzene rings is 9. The highest BCUT2D eigenvalue weighted by atomic mass is 35.5. The van der Waals surface area contributed by atoms with Gasteiger partial charge < -0.3 is 26.0 Å². The highest BCUT2D eigenvalue weighted by Gasteiger charge is 2.27. The molecule has 0 aliphatic heterocycles. The van der Waals surface area contributed by atoms with Gasteiger partial charge in [-0.3, -0.25) is 18.2 Å². The van der Waals surface area contributed by atoms with Crippen LogP contribution in [0.3, 0.4) is 0 Å². The number of nitrogens with one attached hydrogen (secondary N) is 2. The molecule has 10 aromatic rings. The number of phenolic OH excluding ortho intramolecular Hbond substituents is 3. The number of rotatable bonds is 23. The van der Waals surface area contributed by atoms with Crippen molar-refractivity contribution in [2.45, 2.75) is 66.5 Å². The third kappa shape index (κ3) is 15.2. The lowest BCUT2D eigenvalue weighted by molar-refractivity contribution is -0.190. The minimum atomic E-state index is -5.24. The van der Waals surface area contributed by atoms with E-state index in [1.165, 1.54) is 62.4 Å². The lowest BCUT2D eigenvalue weighted by Gasteiger charge is -2.13. The third-order valence-corrected chi connectivity index (χ3v) is 18.0. The van der Waals surface area contributed by atoms with Gasteiger partial charge in [0.15, 0.2) is 17.2 Å². The van der Waals surface area contributed by atoms with Gasteiger partial charge in [0, 0.05) is 48.6 Å². The van der Waals surface area contributed by atoms with Crippen LogP contribution in [0, 0.1) is 20.8 Å². The fourth-order valence-electron chi connectivity index (χ4n) is 9.84. The van der Waals surface area contributed by atoms with Crippen LogP contribution >= 0.6 is 23.6 Å². The molecule has 0 bridgehead atoms. The van der Waals surface area contributed by atoms with E-state index in [1.807, 2.05) is 6.92 Å². The second-order valence-corrected chi connectivity index (χ2v) is 26.8. The number of aryl methyl sites for hydroxylation is 4. The van der Waals surface area contributed by atoms with Crippen LogP contribution in [0.4, 0.5) is 57.4 Å². The molecule has 0 saturated carbocycles. The smallest absolute Gasteiger partial charge is 0.397 e. The van der Waals surface area contributed by atoms with Crippen molar-refractivity contribution in [1.29, 1.82) is 0 Å². The van der Waals surface area contributed by atoms with Crippen LogP contribution in [0.1, 0.15) is 42.0 Å². The zero-order valence-electron chi connectivity index (χ0n) is 48.6. The van der Waals surface area contributed by atoms with Crippen molar-refractivity contribution in [3.8, 4) is 17.2 Å². The molecule has 0 atom stereocenters. The maximum absolute atomic E-state index is 13.2. The topological polar surface area (TPSA) is 443 Å². The van der Waals surface area contributed by atoms with E-state index in [0.717, 1.165) is 35.5 Å². The summed E-state index contributed by atoms with van der Waals surface area (Å²) in [5, 5.41) is 65.6. The van der Waals surface area contributed by atoms with Gasteiger partial charge in [-0.05, 0) is 176 Å². The monoisotopic (exact) mass is 1380 g/mol. The van der Waals surface area contributed by atoms with Crippen LogP contribution < -0.4 is 10.6 Å². The van der Waals surface area contributed by atoms with Gasteiger partial charge in [-0.1, -0.05) is 31.2 Å². The summed E-state index contributed by atoms with van der Waals surface area (Å²) in [5.41, 5.74) is 0.271. The van der Waals surface area contributed by atoms with E-state index in [-0.39, 0.29) is 103 Å². The lowest BCUT2D eigenvalue weighted by Crippen LogP contribution is -2.05. The third-order valence-electron chi connectivity index (χ3n) is 13.9. The normalized spacial score (nSPS) is 12.7. The van der Waals surface area contributed by atoms with Crippen LogP contribution in [0.25, 0.3) is 43.1 Å². The molecule has 9 N–H and O–H groups in total. The van der Waals surface area contributed by atoms with Crippen molar-refractivity contribution in [3.63, 3.8) is 0 Å². The first-order chi connectivity index (χ1) is 43.9. The maximum atomic E-state index is 13.2. The van der Waals surface area contributed by atoms with Crippen molar-refractivity contribution < 1.29 is 80.6 Å². The van der Waals surface area contributed by atoms with Crippen molar-refractivity contribution in [3.05, 3.63) is 143 Å². The Morgan fingerprint density at radius 1 is 0.495 bits per heavy atom. The lowest BCUT2D eigenvalue weighted by atomic mass is 10.0. The van der Waals surface area contributed by atoms with Crippen LogP contribution in [0.5, 0.6) is 17.2 Å². The van der Waals surface area contributed by atoms with E-state index in [4.69, 9.17) is 25.4 Å². The number of hydrogen-bond donors (Lipinski definition) is 9. The number of azo groups is 3. The Morgan fingerprint density at radius 2 is 0.957 bits per heavy atom. The molecule has 482 valence electrons. The number of anilines is 4. The molecule has 29 nitrogen and oxygen atoms in total. The number of fused-ring (bicyclic) bond motifs is 4. The van der Waals surface area contributed by atoms with E-state index in [2.05, 4.69) is 60.5 Å². The second-order valence-electron chi connectivity index (χ2n) is 20.5. The van der Waals surface area contributed by atoms with Gasteiger partial charge >= 0.3 is 10.4 Å². The number of hydrogen-bond acceptors (Lipinski definition) is 26. The molecule has 9 aromatic carbocycles. The Kier molecular flexibility index (Phi) is 19.4. The predicted molar refractivity (Wildman–Crippen MR) is 344 cm³/mol. The van der Waals surface area contributed by atoms with Crippen molar-refractivity contribution in [1.82, 2.24) is 15.0 Å². The summed E-state index contributed by atoms with van der Waals surface area (Å²) in [4.78, 5) is 16.3. The van der Waals surface area contributed by atoms with Crippen LogP contribution in [0.2, 0.25) is 5.28 Å². The molecule has 93 heavy (non-hydrogen) atoms. The number of phenols is 3. The van der Waals surface area contributed by atoms with Crippen molar-refractivity contribution in [2.24, 2.45) is 30.7 Å². The zero-order chi connectivity index (χ0) is 66.9. The molecule has 35 heteroatoms. The molecule has 1 heterocycles. The molecular weight excluding hydrogens is 1330 g/mol. The first kappa shape index (κ1) is 66.9. The minimum Gasteiger partial charge on any atom is -0.505 e. The van der Waals surface area contributed by atoms with E-state index in [0.29, 0.717) is 45.3 Å². The Labute approximate surface area is 538 Å². The van der Waals surface area contributed by atoms with Gasteiger partial charge in [-0.15, -0.1) is 30.7 Å². The fourth-order valence-corrected chi connectivity index (χ4v) is 13.2. The summed E-state index contributed by atoms with van der Waals surface area (Å²) in [6, 6.07) is 28.0. The first-order valence-electron chi connectivity index (χ1n) is 27.2. The molecular formula is C58H50ClN11O18S5. The Balaban J connectivity index is 0.901. The van der Waals surface area contributed by atoms with Crippen molar-refractivity contribution >= 4 is 165 Å². The molecule has 0 unspecified atom stereocenters. The molecule has 0 amide bonds. The van der Waals surface area contributed by atoms with Crippen LogP contribution in [-0.4, -0.2) is 95.4 Å². The van der Waals surface area contributed by atoms with Gasteiger partial charge in [-0.2, -0.15) is 53.0 Å². The van der Waals surface area contributed by atoms with Gasteiger partial charge in [0.05, 0.1) is 25.3 Å². The molecule has 0 aliphatic carbocycles. The van der Waals surface area contributed by atoms with Gasteiger partial charge in [-0.25, -0.2) is 9.07 Å². The molecule has 0 radical (unpaired) electrons. The number of nitrogens with zero attached hydrogens (tertiary/aromatic N) is 9. The number of aromatic hydroxyl groups is 3. The second kappa shape index (κ2) is 26.9. The standard InChI is InChI=1S/C58H50ClN11O18S5/c1-5-22-86-88-89-37-13-10-35(11-14-37)60-57-62-56(59)63-58(64-57)61-36-12-16-38-34(28-36)24-29(2)47(50(38)71)68-66-45-20-17-41-42(54(45)91(77,78)79)26-31(4)49(52(41)73)70-67-46-21-18-40-43(55(46)92(80,81)82)25-30(3)48(51(40)72)69-65-44-19-9-33-27-32(7-6-23-87-93(83,84)85)8-15-39(33)53(44)90(74,75)76/h8-21,24-28,71-73H,5-7,22-23H2,1-4H3,(H,74,75,76)(H,77,78,79)(H,80,81,82)(H,83,84,85)(H2,60,61,62,63,64). The molecule has 0 saturated heterocycles. The predicted octanol–water partition coefficient (Wildman–Crippen LogP) is 14.8. The summed E-state index contributed by atoms with van der Waals surface area (Å²) in [5.74, 6) is -1.48. The Hall–Kier alpha value is -9.01. The summed E-state index contributed by atoms with van der Waals surface area (Å²) in [7, 11) is -20.1. The SMILES string of the molecule is CCCOOSc1ccc(Nc2nc(Cl)nc(Nc3ccc4c(O)c(N=Nc5ccc6c(O)c(N=Nc7ccc8c(O)c(N=Nc9ccc%10cc(CCCOS(=O)(=O)O)ccc%10c9S(=O)(=O)O)c(C)cc8c7S(=O)(=O)O)c(C)cc6c5S(=O)(=O)O)c(C)cc4c3)n2)cc1. The average molecular weight is 1380 g/mol.